The van der Waals surface area contributed by atoms with E-state index in [-0.39, 0.29) is 11.9 Å². The average Bonchev–Trinajstić information content (AvgIpc) is 2.64. The highest BCUT2D eigenvalue weighted by Crippen LogP contribution is 2.16. The van der Waals surface area contributed by atoms with Crippen molar-refractivity contribution in [3.05, 3.63) is 29.8 Å². The molecule has 3 amide bonds. The van der Waals surface area contributed by atoms with Gasteiger partial charge in [0, 0.05) is 32.6 Å². The summed E-state index contributed by atoms with van der Waals surface area (Å²) in [5.41, 5.74) is 1.01. The van der Waals surface area contributed by atoms with Crippen molar-refractivity contribution in [1.82, 2.24) is 15.5 Å². The molecule has 0 saturated carbocycles. The number of likely N-dealkylation sites (tertiary alicyclic amines) is 1. The van der Waals surface area contributed by atoms with Gasteiger partial charge in [0.15, 0.2) is 0 Å². The summed E-state index contributed by atoms with van der Waals surface area (Å²) in [6.07, 6.45) is 2.51. The number of piperidine rings is 1. The van der Waals surface area contributed by atoms with Crippen LogP contribution < -0.4 is 15.4 Å². The molecule has 1 aliphatic heterocycles. The number of carbonyl (C=O) groups is 2. The van der Waals surface area contributed by atoms with Crippen LogP contribution in [0.4, 0.5) is 4.79 Å². The number of methoxy groups -OCH3 is 1. The number of nitrogens with one attached hydrogen (secondary N) is 2. The fraction of sp³-hybridized carbons (Fsp3) is 0.556. The van der Waals surface area contributed by atoms with E-state index in [0.717, 1.165) is 30.7 Å². The van der Waals surface area contributed by atoms with Crippen LogP contribution in [0.2, 0.25) is 0 Å². The number of hydrogen-bond acceptors (Lipinski definition) is 3. The number of amides is 3. The second-order valence-electron chi connectivity index (χ2n) is 6.12. The van der Waals surface area contributed by atoms with Crippen molar-refractivity contribution in [2.75, 3.05) is 26.7 Å². The lowest BCUT2D eigenvalue weighted by Gasteiger charge is -2.32. The molecular formula is C18H27N3O3. The third-order valence-electron chi connectivity index (χ3n) is 4.29. The molecule has 0 aromatic heterocycles. The molecule has 132 valence electrons. The van der Waals surface area contributed by atoms with Crippen LogP contribution in [0.3, 0.4) is 0 Å². The highest BCUT2D eigenvalue weighted by Gasteiger charge is 2.23. The molecule has 0 aliphatic carbocycles. The first-order valence-electron chi connectivity index (χ1n) is 8.54. The molecule has 1 aromatic rings. The maximum absolute atomic E-state index is 12.4. The first-order valence-corrected chi connectivity index (χ1v) is 8.54. The molecule has 1 atom stereocenters. The average molecular weight is 333 g/mol. The van der Waals surface area contributed by atoms with Crippen molar-refractivity contribution >= 4 is 11.9 Å². The highest BCUT2D eigenvalue weighted by molar-refractivity contribution is 5.75. The van der Waals surface area contributed by atoms with Crippen LogP contribution in [0.5, 0.6) is 5.75 Å². The van der Waals surface area contributed by atoms with E-state index >= 15 is 0 Å². The van der Waals surface area contributed by atoms with Gasteiger partial charge in [0.2, 0.25) is 5.91 Å². The van der Waals surface area contributed by atoms with Crippen molar-refractivity contribution in [3.63, 3.8) is 0 Å². The fourth-order valence-electron chi connectivity index (χ4n) is 2.87. The van der Waals surface area contributed by atoms with Crippen molar-refractivity contribution < 1.29 is 14.3 Å². The Balaban J connectivity index is 1.79. The standard InChI is InChI=1S/C18H27N3O3/c1-3-17(22)19-12-15-7-5-9-21(13-15)18(23)20-11-14-6-4-8-16(10-14)24-2/h4,6,8,10,15H,3,5,7,9,11-13H2,1-2H3,(H,19,22)(H,20,23)/t15-/m0/s1. The topological polar surface area (TPSA) is 70.7 Å². The number of nitrogens with zero attached hydrogens (tertiary/aromatic N) is 1. The molecule has 2 N–H and O–H groups in total. The van der Waals surface area contributed by atoms with E-state index in [4.69, 9.17) is 4.74 Å². The third-order valence-corrected chi connectivity index (χ3v) is 4.29. The number of hydrogen-bond donors (Lipinski definition) is 2. The summed E-state index contributed by atoms with van der Waals surface area (Å²) >= 11 is 0. The normalized spacial score (nSPS) is 17.2. The quantitative estimate of drug-likeness (QED) is 0.838. The van der Waals surface area contributed by atoms with Gasteiger partial charge in [0.1, 0.15) is 5.75 Å². The molecule has 0 spiro atoms. The van der Waals surface area contributed by atoms with Gasteiger partial charge in [-0.1, -0.05) is 19.1 Å². The molecule has 0 radical (unpaired) electrons. The Morgan fingerprint density at radius 3 is 2.92 bits per heavy atom. The highest BCUT2D eigenvalue weighted by atomic mass is 16.5. The van der Waals surface area contributed by atoms with E-state index in [9.17, 15) is 9.59 Å². The Morgan fingerprint density at radius 2 is 2.17 bits per heavy atom. The van der Waals surface area contributed by atoms with Crippen LogP contribution in [-0.2, 0) is 11.3 Å². The molecule has 1 aliphatic rings. The Hall–Kier alpha value is -2.24. The van der Waals surface area contributed by atoms with E-state index in [0.29, 0.717) is 32.0 Å². The first-order chi connectivity index (χ1) is 11.6. The summed E-state index contributed by atoms with van der Waals surface area (Å²) in [6.45, 7) is 4.42. The molecule has 1 fully saturated rings. The number of urea groups is 1. The molecule has 24 heavy (non-hydrogen) atoms. The Kier molecular flexibility index (Phi) is 6.90. The summed E-state index contributed by atoms with van der Waals surface area (Å²) in [6, 6.07) is 7.62. The van der Waals surface area contributed by atoms with Gasteiger partial charge in [-0.3, -0.25) is 4.79 Å². The monoisotopic (exact) mass is 333 g/mol. The van der Waals surface area contributed by atoms with Crippen LogP contribution in [0.1, 0.15) is 31.7 Å². The molecule has 6 nitrogen and oxygen atoms in total. The maximum Gasteiger partial charge on any atom is 0.317 e. The second kappa shape index (κ2) is 9.15. The van der Waals surface area contributed by atoms with Gasteiger partial charge >= 0.3 is 6.03 Å². The molecule has 0 unspecified atom stereocenters. The van der Waals surface area contributed by atoms with E-state index in [1.165, 1.54) is 0 Å². The zero-order valence-electron chi connectivity index (χ0n) is 14.5. The van der Waals surface area contributed by atoms with Crippen molar-refractivity contribution in [3.8, 4) is 5.75 Å². The summed E-state index contributed by atoms with van der Waals surface area (Å²) in [5.74, 6) is 1.18. The predicted octanol–water partition coefficient (Wildman–Crippen LogP) is 2.14. The van der Waals surface area contributed by atoms with Gasteiger partial charge in [-0.2, -0.15) is 0 Å². The summed E-state index contributed by atoms with van der Waals surface area (Å²) in [4.78, 5) is 25.6. The Morgan fingerprint density at radius 1 is 1.33 bits per heavy atom. The largest absolute Gasteiger partial charge is 0.497 e. The zero-order chi connectivity index (χ0) is 17.4. The lowest BCUT2D eigenvalue weighted by atomic mass is 9.98. The minimum atomic E-state index is -0.0515. The zero-order valence-corrected chi connectivity index (χ0v) is 14.5. The predicted molar refractivity (Wildman–Crippen MR) is 92.8 cm³/mol. The Labute approximate surface area is 143 Å². The first kappa shape index (κ1) is 18.1. The smallest absolute Gasteiger partial charge is 0.317 e. The SMILES string of the molecule is CCC(=O)NC[C@@H]1CCCN(C(=O)NCc2cccc(OC)c2)C1. The molecule has 1 heterocycles. The van der Waals surface area contributed by atoms with Gasteiger partial charge in [-0.15, -0.1) is 0 Å². The molecule has 0 bridgehead atoms. The lowest BCUT2D eigenvalue weighted by Crippen LogP contribution is -2.47. The van der Waals surface area contributed by atoms with Gasteiger partial charge in [0.25, 0.3) is 0 Å². The maximum atomic E-state index is 12.4. The fourth-order valence-corrected chi connectivity index (χ4v) is 2.87. The minimum absolute atomic E-state index is 0.0515. The van der Waals surface area contributed by atoms with Crippen LogP contribution in [0.15, 0.2) is 24.3 Å². The molecule has 2 rings (SSSR count). The molecule has 1 saturated heterocycles. The second-order valence-corrected chi connectivity index (χ2v) is 6.12. The van der Waals surface area contributed by atoms with E-state index in [1.807, 2.05) is 36.1 Å². The lowest BCUT2D eigenvalue weighted by molar-refractivity contribution is -0.121. The summed E-state index contributed by atoms with van der Waals surface area (Å²) < 4.78 is 5.19. The number of carbonyl (C=O) groups excluding carboxylic acids is 2. The van der Waals surface area contributed by atoms with Gasteiger partial charge < -0.3 is 20.3 Å². The Bertz CT molecular complexity index is 562. The van der Waals surface area contributed by atoms with E-state index in [1.54, 1.807) is 7.11 Å². The van der Waals surface area contributed by atoms with Crippen molar-refractivity contribution in [1.29, 1.82) is 0 Å². The van der Waals surface area contributed by atoms with Crippen molar-refractivity contribution in [2.24, 2.45) is 5.92 Å². The van der Waals surface area contributed by atoms with Crippen molar-refractivity contribution in [2.45, 2.75) is 32.7 Å². The van der Waals surface area contributed by atoms with Crippen LogP contribution in [-0.4, -0.2) is 43.6 Å². The van der Waals surface area contributed by atoms with Crippen LogP contribution in [0, 0.1) is 5.92 Å². The summed E-state index contributed by atoms with van der Waals surface area (Å²) in [5, 5.41) is 5.88. The number of ether oxygens (including phenoxy) is 1. The van der Waals surface area contributed by atoms with Crippen LogP contribution >= 0.6 is 0 Å². The van der Waals surface area contributed by atoms with E-state index < -0.39 is 0 Å². The molecular weight excluding hydrogens is 306 g/mol. The molecule has 6 heteroatoms. The summed E-state index contributed by atoms with van der Waals surface area (Å²) in [7, 11) is 1.63. The number of rotatable bonds is 6. The van der Waals surface area contributed by atoms with Gasteiger partial charge in [-0.05, 0) is 36.5 Å². The molecule has 1 aromatic carbocycles. The third kappa shape index (κ3) is 5.44. The van der Waals surface area contributed by atoms with Gasteiger partial charge in [-0.25, -0.2) is 4.79 Å². The van der Waals surface area contributed by atoms with E-state index in [2.05, 4.69) is 10.6 Å². The van der Waals surface area contributed by atoms with Crippen LogP contribution in [0.25, 0.3) is 0 Å². The minimum Gasteiger partial charge on any atom is -0.497 e. The van der Waals surface area contributed by atoms with Gasteiger partial charge in [0.05, 0.1) is 7.11 Å². The number of benzene rings is 1.